The molecule has 0 spiro atoms. The van der Waals surface area contributed by atoms with Crippen LogP contribution in [0.1, 0.15) is 18.7 Å². The van der Waals surface area contributed by atoms with Crippen molar-refractivity contribution in [3.8, 4) is 17.1 Å². The maximum absolute atomic E-state index is 13.3. The lowest BCUT2D eigenvalue weighted by molar-refractivity contribution is 0.00859. The number of piperidine rings is 1. The van der Waals surface area contributed by atoms with Crippen LogP contribution < -0.4 is 5.32 Å². The summed E-state index contributed by atoms with van der Waals surface area (Å²) in [5.41, 5.74) is 0.446. The summed E-state index contributed by atoms with van der Waals surface area (Å²) < 4.78 is 24.1. The van der Waals surface area contributed by atoms with Crippen LogP contribution in [0, 0.1) is 5.82 Å². The van der Waals surface area contributed by atoms with Crippen molar-refractivity contribution in [2.24, 2.45) is 0 Å². The SMILES string of the molecule is Oc1ccc(-c2noc(COC3CCNCC3)n2)cc1F. The first-order valence-corrected chi connectivity index (χ1v) is 6.86. The molecule has 3 rings (SSSR count). The van der Waals surface area contributed by atoms with Crippen molar-refractivity contribution in [3.05, 3.63) is 29.9 Å². The Balaban J connectivity index is 1.63. The van der Waals surface area contributed by atoms with Crippen molar-refractivity contribution < 1.29 is 18.8 Å². The molecule has 112 valence electrons. The molecule has 1 fully saturated rings. The molecule has 0 bridgehead atoms. The van der Waals surface area contributed by atoms with Crippen LogP contribution >= 0.6 is 0 Å². The molecule has 0 saturated carbocycles. The van der Waals surface area contributed by atoms with Gasteiger partial charge in [0.25, 0.3) is 5.89 Å². The highest BCUT2D eigenvalue weighted by Gasteiger charge is 2.16. The van der Waals surface area contributed by atoms with E-state index in [0.717, 1.165) is 32.0 Å². The van der Waals surface area contributed by atoms with Crippen LogP contribution in [0.5, 0.6) is 5.75 Å². The van der Waals surface area contributed by atoms with Gasteiger partial charge >= 0.3 is 0 Å². The molecule has 1 aromatic carbocycles. The molecule has 0 aliphatic carbocycles. The topological polar surface area (TPSA) is 80.4 Å². The van der Waals surface area contributed by atoms with E-state index < -0.39 is 11.6 Å². The van der Waals surface area contributed by atoms with Crippen molar-refractivity contribution in [2.75, 3.05) is 13.1 Å². The second-order valence-corrected chi connectivity index (χ2v) is 4.94. The van der Waals surface area contributed by atoms with Crippen LogP contribution in [0.3, 0.4) is 0 Å². The molecule has 21 heavy (non-hydrogen) atoms. The highest BCUT2D eigenvalue weighted by molar-refractivity contribution is 5.55. The Labute approximate surface area is 120 Å². The number of nitrogens with zero attached hydrogens (tertiary/aromatic N) is 2. The molecule has 0 unspecified atom stereocenters. The summed E-state index contributed by atoms with van der Waals surface area (Å²) in [4.78, 5) is 4.17. The maximum atomic E-state index is 13.3. The number of hydrogen-bond donors (Lipinski definition) is 2. The fourth-order valence-corrected chi connectivity index (χ4v) is 2.23. The van der Waals surface area contributed by atoms with E-state index in [1.807, 2.05) is 0 Å². The highest BCUT2D eigenvalue weighted by Crippen LogP contribution is 2.23. The molecule has 0 atom stereocenters. The van der Waals surface area contributed by atoms with Crippen molar-refractivity contribution >= 4 is 0 Å². The molecule has 2 N–H and O–H groups in total. The third kappa shape index (κ3) is 3.37. The molecular weight excluding hydrogens is 277 g/mol. The number of phenols is 1. The molecule has 0 radical (unpaired) electrons. The molecule has 1 aromatic heterocycles. The van der Waals surface area contributed by atoms with Crippen LogP contribution in [0.2, 0.25) is 0 Å². The van der Waals surface area contributed by atoms with E-state index in [0.29, 0.717) is 11.5 Å². The number of aromatic nitrogens is 2. The van der Waals surface area contributed by atoms with Gasteiger partial charge < -0.3 is 19.7 Å². The van der Waals surface area contributed by atoms with Gasteiger partial charge in [0.2, 0.25) is 5.82 Å². The minimum Gasteiger partial charge on any atom is -0.505 e. The third-order valence-corrected chi connectivity index (χ3v) is 3.40. The number of halogens is 1. The second kappa shape index (κ2) is 6.19. The molecule has 1 aliphatic heterocycles. The van der Waals surface area contributed by atoms with Gasteiger partial charge in [0.1, 0.15) is 6.61 Å². The van der Waals surface area contributed by atoms with E-state index in [-0.39, 0.29) is 18.5 Å². The fourth-order valence-electron chi connectivity index (χ4n) is 2.23. The van der Waals surface area contributed by atoms with E-state index in [1.54, 1.807) is 0 Å². The number of rotatable bonds is 4. The molecule has 1 aliphatic rings. The Kier molecular flexibility index (Phi) is 4.12. The summed E-state index contributed by atoms with van der Waals surface area (Å²) in [7, 11) is 0. The summed E-state index contributed by atoms with van der Waals surface area (Å²) in [6.07, 6.45) is 2.13. The molecule has 2 aromatic rings. The smallest absolute Gasteiger partial charge is 0.252 e. The minimum atomic E-state index is -0.718. The van der Waals surface area contributed by atoms with Crippen LogP contribution in [-0.2, 0) is 11.3 Å². The first kappa shape index (κ1) is 14.0. The average Bonchev–Trinajstić information content (AvgIpc) is 2.98. The third-order valence-electron chi connectivity index (χ3n) is 3.40. The molecule has 6 nitrogen and oxygen atoms in total. The van der Waals surface area contributed by atoms with E-state index in [4.69, 9.17) is 14.4 Å². The Hall–Kier alpha value is -1.99. The lowest BCUT2D eigenvalue weighted by atomic mass is 10.1. The normalized spacial score (nSPS) is 16.2. The predicted molar refractivity (Wildman–Crippen MR) is 72.0 cm³/mol. The standard InChI is InChI=1S/C14H16FN3O3/c15-11-7-9(1-2-12(11)19)14-17-13(21-18-14)8-20-10-3-5-16-6-4-10/h1-2,7,10,16,19H,3-6,8H2. The zero-order chi connectivity index (χ0) is 14.7. The first-order chi connectivity index (χ1) is 10.2. The Morgan fingerprint density at radius 2 is 2.19 bits per heavy atom. The lowest BCUT2D eigenvalue weighted by Crippen LogP contribution is -2.32. The largest absolute Gasteiger partial charge is 0.505 e. The Bertz CT molecular complexity index is 611. The summed E-state index contributed by atoms with van der Waals surface area (Å²) in [6.45, 7) is 2.15. The van der Waals surface area contributed by atoms with Gasteiger partial charge in [-0.3, -0.25) is 0 Å². The van der Waals surface area contributed by atoms with Crippen molar-refractivity contribution in [2.45, 2.75) is 25.6 Å². The van der Waals surface area contributed by atoms with Gasteiger partial charge in [-0.15, -0.1) is 0 Å². The quantitative estimate of drug-likeness (QED) is 0.895. The molecule has 7 heteroatoms. The maximum Gasteiger partial charge on any atom is 0.252 e. The van der Waals surface area contributed by atoms with Crippen LogP contribution in [0.15, 0.2) is 22.7 Å². The van der Waals surface area contributed by atoms with Gasteiger partial charge in [0, 0.05) is 5.56 Å². The van der Waals surface area contributed by atoms with Crippen molar-refractivity contribution in [3.63, 3.8) is 0 Å². The van der Waals surface area contributed by atoms with Crippen molar-refractivity contribution in [1.82, 2.24) is 15.5 Å². The van der Waals surface area contributed by atoms with Crippen molar-refractivity contribution in [1.29, 1.82) is 0 Å². The van der Waals surface area contributed by atoms with Gasteiger partial charge in [-0.05, 0) is 44.1 Å². The number of benzene rings is 1. The second-order valence-electron chi connectivity index (χ2n) is 4.94. The van der Waals surface area contributed by atoms with Crippen LogP contribution in [0.25, 0.3) is 11.4 Å². The molecule has 0 amide bonds. The van der Waals surface area contributed by atoms with E-state index in [2.05, 4.69) is 15.5 Å². The summed E-state index contributed by atoms with van der Waals surface area (Å²) in [6, 6.07) is 3.95. The van der Waals surface area contributed by atoms with Gasteiger partial charge in [-0.2, -0.15) is 4.98 Å². The minimum absolute atomic E-state index is 0.202. The van der Waals surface area contributed by atoms with Gasteiger partial charge in [0.15, 0.2) is 11.6 Å². The fraction of sp³-hybridized carbons (Fsp3) is 0.429. The molecular formula is C14H16FN3O3. The van der Waals surface area contributed by atoms with Gasteiger partial charge in [0.05, 0.1) is 6.10 Å². The van der Waals surface area contributed by atoms with Crippen LogP contribution in [0.4, 0.5) is 4.39 Å². The van der Waals surface area contributed by atoms with E-state index >= 15 is 0 Å². The first-order valence-electron chi connectivity index (χ1n) is 6.86. The average molecular weight is 293 g/mol. The van der Waals surface area contributed by atoms with Crippen LogP contribution in [-0.4, -0.2) is 34.4 Å². The number of hydrogen-bond acceptors (Lipinski definition) is 6. The zero-order valence-corrected chi connectivity index (χ0v) is 11.4. The summed E-state index contributed by atoms with van der Waals surface area (Å²) in [5.74, 6) is -0.489. The van der Waals surface area contributed by atoms with E-state index in [9.17, 15) is 4.39 Å². The Morgan fingerprint density at radius 3 is 2.95 bits per heavy atom. The number of aromatic hydroxyl groups is 1. The summed E-state index contributed by atoms with van der Waals surface area (Å²) in [5, 5.41) is 16.2. The monoisotopic (exact) mass is 293 g/mol. The lowest BCUT2D eigenvalue weighted by Gasteiger charge is -2.21. The van der Waals surface area contributed by atoms with Gasteiger partial charge in [-0.25, -0.2) is 4.39 Å². The predicted octanol–water partition coefficient (Wildman–Crippen LogP) is 1.85. The van der Waals surface area contributed by atoms with E-state index in [1.165, 1.54) is 12.1 Å². The Morgan fingerprint density at radius 1 is 1.38 bits per heavy atom. The number of ether oxygens (including phenoxy) is 1. The molecule has 1 saturated heterocycles. The summed E-state index contributed by atoms with van der Waals surface area (Å²) >= 11 is 0. The zero-order valence-electron chi connectivity index (χ0n) is 11.4. The highest BCUT2D eigenvalue weighted by atomic mass is 19.1. The number of nitrogens with one attached hydrogen (secondary N) is 1. The van der Waals surface area contributed by atoms with Gasteiger partial charge in [-0.1, -0.05) is 5.16 Å². The molecule has 2 heterocycles. The number of phenolic OH excluding ortho intramolecular Hbond substituents is 1.